The van der Waals surface area contributed by atoms with Crippen molar-refractivity contribution in [3.63, 3.8) is 0 Å². The normalized spacial score (nSPS) is 16.3. The largest absolute Gasteiger partial charge is 0.472 e. The second-order valence-electron chi connectivity index (χ2n) is 6.36. The van der Waals surface area contributed by atoms with Crippen molar-refractivity contribution in [1.29, 1.82) is 0 Å². The summed E-state index contributed by atoms with van der Waals surface area (Å²) in [5.41, 5.74) is 1.57. The molecule has 2 heterocycles. The van der Waals surface area contributed by atoms with Gasteiger partial charge in [-0.1, -0.05) is 23.7 Å². The van der Waals surface area contributed by atoms with Gasteiger partial charge in [0.05, 0.1) is 17.9 Å². The van der Waals surface area contributed by atoms with Crippen LogP contribution in [0.4, 0.5) is 0 Å². The second-order valence-corrected chi connectivity index (χ2v) is 6.80. The Morgan fingerprint density at radius 1 is 1.15 bits per heavy atom. The van der Waals surface area contributed by atoms with Crippen LogP contribution < -0.4 is 5.32 Å². The fourth-order valence-electron chi connectivity index (χ4n) is 2.99. The van der Waals surface area contributed by atoms with Gasteiger partial charge in [-0.15, -0.1) is 0 Å². The van der Waals surface area contributed by atoms with Crippen LogP contribution >= 0.6 is 11.6 Å². The number of carbonyl (C=O) groups excluding carboxylic acids is 2. The summed E-state index contributed by atoms with van der Waals surface area (Å²) in [6.07, 6.45) is 2.96. The molecule has 2 aromatic rings. The SMILES string of the molecule is CC(C(=O)NCc1ccc(Cl)cc1)N1CCN(C(=O)c2ccoc2)CC1. The second kappa shape index (κ2) is 8.38. The lowest BCUT2D eigenvalue weighted by molar-refractivity contribution is -0.126. The maximum absolute atomic E-state index is 12.4. The Balaban J connectivity index is 1.46. The first kappa shape index (κ1) is 18.5. The minimum Gasteiger partial charge on any atom is -0.472 e. The van der Waals surface area contributed by atoms with Crippen molar-refractivity contribution in [2.24, 2.45) is 0 Å². The lowest BCUT2D eigenvalue weighted by atomic mass is 10.2. The Morgan fingerprint density at radius 3 is 2.46 bits per heavy atom. The molecule has 0 saturated carbocycles. The molecule has 6 nitrogen and oxygen atoms in total. The molecule has 3 rings (SSSR count). The molecule has 1 aromatic carbocycles. The molecule has 0 radical (unpaired) electrons. The van der Waals surface area contributed by atoms with Crippen LogP contribution in [0.2, 0.25) is 5.02 Å². The summed E-state index contributed by atoms with van der Waals surface area (Å²) in [4.78, 5) is 28.6. The van der Waals surface area contributed by atoms with Crippen LogP contribution in [-0.2, 0) is 11.3 Å². The number of piperazine rings is 1. The number of carbonyl (C=O) groups is 2. The highest BCUT2D eigenvalue weighted by Crippen LogP contribution is 2.12. The van der Waals surface area contributed by atoms with Gasteiger partial charge in [0.25, 0.3) is 5.91 Å². The molecule has 1 fully saturated rings. The smallest absolute Gasteiger partial charge is 0.257 e. The van der Waals surface area contributed by atoms with Crippen molar-refractivity contribution in [3.8, 4) is 0 Å². The molecule has 26 heavy (non-hydrogen) atoms. The molecular formula is C19H22ClN3O3. The zero-order valence-corrected chi connectivity index (χ0v) is 15.4. The predicted octanol–water partition coefficient (Wildman–Crippen LogP) is 2.40. The van der Waals surface area contributed by atoms with Gasteiger partial charge in [0.15, 0.2) is 0 Å². The topological polar surface area (TPSA) is 65.8 Å². The van der Waals surface area contributed by atoms with E-state index in [2.05, 4.69) is 10.2 Å². The number of nitrogens with zero attached hydrogens (tertiary/aromatic N) is 2. The van der Waals surface area contributed by atoms with Crippen molar-refractivity contribution in [1.82, 2.24) is 15.1 Å². The molecular weight excluding hydrogens is 354 g/mol. The monoisotopic (exact) mass is 375 g/mol. The number of amides is 2. The molecule has 138 valence electrons. The Morgan fingerprint density at radius 2 is 1.85 bits per heavy atom. The first-order valence-electron chi connectivity index (χ1n) is 8.62. The van der Waals surface area contributed by atoms with E-state index in [1.165, 1.54) is 12.5 Å². The molecule has 2 amide bonds. The van der Waals surface area contributed by atoms with E-state index < -0.39 is 0 Å². The Labute approximate surface area is 157 Å². The fourth-order valence-corrected chi connectivity index (χ4v) is 3.11. The van der Waals surface area contributed by atoms with E-state index in [4.69, 9.17) is 16.0 Å². The molecule has 1 saturated heterocycles. The summed E-state index contributed by atoms with van der Waals surface area (Å²) in [5.74, 6) is -0.0483. The number of halogens is 1. The van der Waals surface area contributed by atoms with Crippen LogP contribution in [0.3, 0.4) is 0 Å². The van der Waals surface area contributed by atoms with E-state index in [0.29, 0.717) is 43.3 Å². The van der Waals surface area contributed by atoms with E-state index >= 15 is 0 Å². The Kier molecular flexibility index (Phi) is 5.96. The van der Waals surface area contributed by atoms with Crippen LogP contribution in [0.15, 0.2) is 47.3 Å². The van der Waals surface area contributed by atoms with Gasteiger partial charge in [0.1, 0.15) is 6.26 Å². The van der Waals surface area contributed by atoms with Gasteiger partial charge in [-0.25, -0.2) is 0 Å². The van der Waals surface area contributed by atoms with Crippen LogP contribution in [0.1, 0.15) is 22.8 Å². The molecule has 0 bridgehead atoms. The summed E-state index contributed by atoms with van der Waals surface area (Å²) < 4.78 is 4.97. The van der Waals surface area contributed by atoms with E-state index in [1.807, 2.05) is 31.2 Å². The summed E-state index contributed by atoms with van der Waals surface area (Å²) in [6.45, 7) is 4.89. The van der Waals surface area contributed by atoms with E-state index in [9.17, 15) is 9.59 Å². The maximum atomic E-state index is 12.4. The minimum absolute atomic E-state index is 0.0189. The highest BCUT2D eigenvalue weighted by atomic mass is 35.5. The number of nitrogens with one attached hydrogen (secondary N) is 1. The molecule has 1 N–H and O–H groups in total. The van der Waals surface area contributed by atoms with E-state index in [1.54, 1.807) is 11.0 Å². The Bertz CT molecular complexity index is 738. The summed E-state index contributed by atoms with van der Waals surface area (Å²) >= 11 is 5.87. The third kappa shape index (κ3) is 4.45. The lowest BCUT2D eigenvalue weighted by Gasteiger charge is -2.37. The maximum Gasteiger partial charge on any atom is 0.257 e. The number of rotatable bonds is 5. The van der Waals surface area contributed by atoms with Crippen molar-refractivity contribution in [2.75, 3.05) is 26.2 Å². The quantitative estimate of drug-likeness (QED) is 0.871. The molecule has 0 spiro atoms. The third-order valence-electron chi connectivity index (χ3n) is 4.68. The molecule has 1 aliphatic heterocycles. The highest BCUT2D eigenvalue weighted by Gasteiger charge is 2.28. The lowest BCUT2D eigenvalue weighted by Crippen LogP contribution is -2.54. The highest BCUT2D eigenvalue weighted by molar-refractivity contribution is 6.30. The molecule has 1 aromatic heterocycles. The van der Waals surface area contributed by atoms with Crippen molar-refractivity contribution < 1.29 is 14.0 Å². The van der Waals surface area contributed by atoms with Gasteiger partial charge < -0.3 is 14.6 Å². The zero-order chi connectivity index (χ0) is 18.5. The first-order valence-corrected chi connectivity index (χ1v) is 9.00. The van der Waals surface area contributed by atoms with Crippen molar-refractivity contribution >= 4 is 23.4 Å². The number of furan rings is 1. The molecule has 0 aliphatic carbocycles. The summed E-state index contributed by atoms with van der Waals surface area (Å²) in [6, 6.07) is 8.84. The number of hydrogen-bond donors (Lipinski definition) is 1. The van der Waals surface area contributed by atoms with Crippen LogP contribution in [0.25, 0.3) is 0 Å². The minimum atomic E-state index is -0.242. The number of benzene rings is 1. The van der Waals surface area contributed by atoms with Gasteiger partial charge in [-0.05, 0) is 30.7 Å². The third-order valence-corrected chi connectivity index (χ3v) is 4.93. The molecule has 1 aliphatic rings. The first-order chi connectivity index (χ1) is 12.5. The van der Waals surface area contributed by atoms with E-state index in [0.717, 1.165) is 5.56 Å². The van der Waals surface area contributed by atoms with Crippen LogP contribution in [0.5, 0.6) is 0 Å². The van der Waals surface area contributed by atoms with Gasteiger partial charge in [0, 0.05) is 37.7 Å². The fraction of sp³-hybridized carbons (Fsp3) is 0.368. The predicted molar refractivity (Wildman–Crippen MR) is 98.9 cm³/mol. The summed E-state index contributed by atoms with van der Waals surface area (Å²) in [7, 11) is 0. The summed E-state index contributed by atoms with van der Waals surface area (Å²) in [5, 5.41) is 3.63. The van der Waals surface area contributed by atoms with Crippen LogP contribution in [0, 0.1) is 0 Å². The average molecular weight is 376 g/mol. The van der Waals surface area contributed by atoms with E-state index in [-0.39, 0.29) is 17.9 Å². The molecule has 7 heteroatoms. The van der Waals surface area contributed by atoms with Gasteiger partial charge in [0.2, 0.25) is 5.91 Å². The van der Waals surface area contributed by atoms with Gasteiger partial charge in [-0.3, -0.25) is 14.5 Å². The molecule has 1 atom stereocenters. The van der Waals surface area contributed by atoms with Gasteiger partial charge >= 0.3 is 0 Å². The molecule has 1 unspecified atom stereocenters. The van der Waals surface area contributed by atoms with Crippen molar-refractivity contribution in [3.05, 3.63) is 59.0 Å². The average Bonchev–Trinajstić information content (AvgIpc) is 3.21. The van der Waals surface area contributed by atoms with Crippen LogP contribution in [-0.4, -0.2) is 53.8 Å². The number of hydrogen-bond acceptors (Lipinski definition) is 4. The van der Waals surface area contributed by atoms with Gasteiger partial charge in [-0.2, -0.15) is 0 Å². The zero-order valence-electron chi connectivity index (χ0n) is 14.7. The van der Waals surface area contributed by atoms with Crippen molar-refractivity contribution in [2.45, 2.75) is 19.5 Å². The Hall–Kier alpha value is -2.31. The standard InChI is InChI=1S/C19H22ClN3O3/c1-14(18(24)21-12-15-2-4-17(20)5-3-15)22-7-9-23(10-8-22)19(25)16-6-11-26-13-16/h2-6,11,13-14H,7-10,12H2,1H3,(H,21,24).